The number of nitrogens with zero attached hydrogens (tertiary/aromatic N) is 3. The van der Waals surface area contributed by atoms with Crippen molar-refractivity contribution >= 4 is 23.0 Å². The molecule has 7 heteroatoms. The second-order valence-corrected chi connectivity index (χ2v) is 4.72. The Kier molecular flexibility index (Phi) is 4.91. The lowest BCUT2D eigenvalue weighted by molar-refractivity contribution is 0.414. The first kappa shape index (κ1) is 13.5. The molecule has 2 aromatic rings. The number of aromatic nitrogens is 3. The van der Waals surface area contributed by atoms with Gasteiger partial charge in [0.1, 0.15) is 6.33 Å². The summed E-state index contributed by atoms with van der Waals surface area (Å²) in [5.74, 6) is 2.05. The molecule has 0 spiro atoms. The predicted octanol–water partition coefficient (Wildman–Crippen LogP) is 2.03. The zero-order chi connectivity index (χ0) is 13.5. The van der Waals surface area contributed by atoms with E-state index in [0.29, 0.717) is 17.4 Å². The fraction of sp³-hybridized carbons (Fsp3) is 0.417. The molecule has 0 aliphatic heterocycles. The largest absolute Gasteiger partial charge is 0.490 e. The van der Waals surface area contributed by atoms with Gasteiger partial charge >= 0.3 is 0 Å². The Morgan fingerprint density at radius 1 is 1.21 bits per heavy atom. The Balaban J connectivity index is 2.00. The zero-order valence-electron chi connectivity index (χ0n) is 11.0. The van der Waals surface area contributed by atoms with Gasteiger partial charge < -0.3 is 15.4 Å². The van der Waals surface area contributed by atoms with E-state index in [1.807, 2.05) is 18.5 Å². The molecule has 0 fully saturated rings. The molecule has 0 bridgehead atoms. The van der Waals surface area contributed by atoms with Gasteiger partial charge in [0, 0.05) is 31.1 Å². The first-order valence-corrected chi connectivity index (χ1v) is 6.98. The van der Waals surface area contributed by atoms with Gasteiger partial charge in [-0.25, -0.2) is 15.0 Å². The number of anilines is 2. The number of ether oxygens (including phenoxy) is 1. The summed E-state index contributed by atoms with van der Waals surface area (Å²) in [4.78, 5) is 12.6. The van der Waals surface area contributed by atoms with Crippen molar-refractivity contribution in [3.8, 4) is 5.75 Å². The first-order chi connectivity index (χ1) is 9.35. The van der Waals surface area contributed by atoms with Gasteiger partial charge in [0.25, 0.3) is 0 Å². The SMILES string of the molecule is CCNc1ncnc(NCCc2nccs2)c1OC. The molecule has 2 aromatic heterocycles. The Bertz CT molecular complexity index is 503. The maximum atomic E-state index is 5.35. The lowest BCUT2D eigenvalue weighted by Gasteiger charge is -2.13. The van der Waals surface area contributed by atoms with Crippen molar-refractivity contribution < 1.29 is 4.74 Å². The number of thiazole rings is 1. The highest BCUT2D eigenvalue weighted by molar-refractivity contribution is 7.09. The average molecular weight is 279 g/mol. The first-order valence-electron chi connectivity index (χ1n) is 6.10. The van der Waals surface area contributed by atoms with E-state index in [9.17, 15) is 0 Å². The molecule has 2 N–H and O–H groups in total. The van der Waals surface area contributed by atoms with E-state index < -0.39 is 0 Å². The van der Waals surface area contributed by atoms with Gasteiger partial charge in [-0.05, 0) is 6.92 Å². The van der Waals surface area contributed by atoms with Crippen LogP contribution in [0.25, 0.3) is 0 Å². The highest BCUT2D eigenvalue weighted by Gasteiger charge is 2.10. The minimum absolute atomic E-state index is 0.642. The molecule has 0 unspecified atom stereocenters. The van der Waals surface area contributed by atoms with Crippen molar-refractivity contribution in [2.45, 2.75) is 13.3 Å². The third-order valence-corrected chi connectivity index (χ3v) is 3.31. The van der Waals surface area contributed by atoms with Crippen molar-refractivity contribution in [2.75, 3.05) is 30.8 Å². The molecule has 2 heterocycles. The minimum Gasteiger partial charge on any atom is -0.490 e. The molecule has 0 aliphatic rings. The molecule has 2 rings (SSSR count). The van der Waals surface area contributed by atoms with Crippen LogP contribution >= 0.6 is 11.3 Å². The zero-order valence-corrected chi connectivity index (χ0v) is 11.8. The topological polar surface area (TPSA) is 72.0 Å². The van der Waals surface area contributed by atoms with Gasteiger partial charge in [-0.1, -0.05) is 0 Å². The van der Waals surface area contributed by atoms with Gasteiger partial charge in [-0.15, -0.1) is 11.3 Å². The van der Waals surface area contributed by atoms with Crippen molar-refractivity contribution in [2.24, 2.45) is 0 Å². The molecule has 0 atom stereocenters. The van der Waals surface area contributed by atoms with E-state index in [-0.39, 0.29) is 0 Å². The number of hydrogen-bond donors (Lipinski definition) is 2. The number of rotatable bonds is 7. The maximum Gasteiger partial charge on any atom is 0.204 e. The van der Waals surface area contributed by atoms with Crippen LogP contribution in [0.3, 0.4) is 0 Å². The fourth-order valence-electron chi connectivity index (χ4n) is 1.65. The number of methoxy groups -OCH3 is 1. The molecule has 6 nitrogen and oxygen atoms in total. The highest BCUT2D eigenvalue weighted by Crippen LogP contribution is 2.28. The summed E-state index contributed by atoms with van der Waals surface area (Å²) in [6, 6.07) is 0. The Morgan fingerprint density at radius 3 is 2.63 bits per heavy atom. The monoisotopic (exact) mass is 279 g/mol. The van der Waals surface area contributed by atoms with E-state index in [2.05, 4.69) is 25.6 Å². The van der Waals surface area contributed by atoms with Crippen LogP contribution in [0.1, 0.15) is 11.9 Å². The summed E-state index contributed by atoms with van der Waals surface area (Å²) in [5, 5.41) is 9.48. The molecule has 102 valence electrons. The van der Waals surface area contributed by atoms with Gasteiger partial charge in [0.05, 0.1) is 12.1 Å². The molecule has 0 amide bonds. The van der Waals surface area contributed by atoms with Crippen molar-refractivity contribution in [3.05, 3.63) is 22.9 Å². The van der Waals surface area contributed by atoms with Crippen molar-refractivity contribution in [1.29, 1.82) is 0 Å². The fourth-order valence-corrected chi connectivity index (χ4v) is 2.27. The molecule has 0 saturated carbocycles. The van der Waals surface area contributed by atoms with Crippen molar-refractivity contribution in [1.82, 2.24) is 15.0 Å². The summed E-state index contributed by atoms with van der Waals surface area (Å²) < 4.78 is 5.35. The number of nitrogens with one attached hydrogen (secondary N) is 2. The molecular formula is C12H17N5OS. The highest BCUT2D eigenvalue weighted by atomic mass is 32.1. The Morgan fingerprint density at radius 2 is 2.00 bits per heavy atom. The van der Waals surface area contributed by atoms with Crippen molar-refractivity contribution in [3.63, 3.8) is 0 Å². The van der Waals surface area contributed by atoms with Crippen LogP contribution in [0.5, 0.6) is 5.75 Å². The average Bonchev–Trinajstić information content (AvgIpc) is 2.93. The van der Waals surface area contributed by atoms with Crippen LogP contribution in [0.4, 0.5) is 11.6 Å². The van der Waals surface area contributed by atoms with E-state index >= 15 is 0 Å². The molecule has 0 radical (unpaired) electrons. The second kappa shape index (κ2) is 6.89. The third kappa shape index (κ3) is 3.54. The van der Waals surface area contributed by atoms with E-state index in [1.165, 1.54) is 6.33 Å². The normalized spacial score (nSPS) is 10.2. The van der Waals surface area contributed by atoms with Crippen LogP contribution in [0.15, 0.2) is 17.9 Å². The second-order valence-electron chi connectivity index (χ2n) is 3.74. The molecule has 19 heavy (non-hydrogen) atoms. The van der Waals surface area contributed by atoms with Crippen LogP contribution < -0.4 is 15.4 Å². The summed E-state index contributed by atoms with van der Waals surface area (Å²) in [5.41, 5.74) is 0. The quantitative estimate of drug-likeness (QED) is 0.808. The van der Waals surface area contributed by atoms with E-state index in [0.717, 1.165) is 24.5 Å². The minimum atomic E-state index is 0.642. The molecular weight excluding hydrogens is 262 g/mol. The van der Waals surface area contributed by atoms with Gasteiger partial charge in [-0.2, -0.15) is 0 Å². The summed E-state index contributed by atoms with van der Waals surface area (Å²) in [6.45, 7) is 3.55. The molecule has 0 aromatic carbocycles. The maximum absolute atomic E-state index is 5.35. The Labute approximate surface area is 116 Å². The van der Waals surface area contributed by atoms with Gasteiger partial charge in [0.2, 0.25) is 5.75 Å². The predicted molar refractivity (Wildman–Crippen MR) is 77.1 cm³/mol. The van der Waals surface area contributed by atoms with Gasteiger partial charge in [0.15, 0.2) is 11.6 Å². The smallest absolute Gasteiger partial charge is 0.204 e. The third-order valence-electron chi connectivity index (χ3n) is 2.47. The lowest BCUT2D eigenvalue weighted by atomic mass is 10.4. The van der Waals surface area contributed by atoms with Crippen LogP contribution in [0.2, 0.25) is 0 Å². The van der Waals surface area contributed by atoms with Crippen LogP contribution in [-0.4, -0.2) is 35.2 Å². The lowest BCUT2D eigenvalue weighted by Crippen LogP contribution is -2.10. The standard InChI is InChI=1S/C12H17N5OS/c1-3-13-11-10(18-2)12(17-8-16-11)15-5-4-9-14-6-7-19-9/h6-8H,3-5H2,1-2H3,(H2,13,15,16,17). The summed E-state index contributed by atoms with van der Waals surface area (Å²) in [6.07, 6.45) is 4.20. The molecule has 0 saturated heterocycles. The Hall–Kier alpha value is -1.89. The van der Waals surface area contributed by atoms with Crippen LogP contribution in [0, 0.1) is 0 Å². The number of hydrogen-bond acceptors (Lipinski definition) is 7. The molecule has 0 aliphatic carbocycles. The van der Waals surface area contributed by atoms with E-state index in [1.54, 1.807) is 18.4 Å². The summed E-state index contributed by atoms with van der Waals surface area (Å²) >= 11 is 1.65. The van der Waals surface area contributed by atoms with Gasteiger partial charge in [-0.3, -0.25) is 0 Å². The summed E-state index contributed by atoms with van der Waals surface area (Å²) in [7, 11) is 1.62. The van der Waals surface area contributed by atoms with Crippen LogP contribution in [-0.2, 0) is 6.42 Å². The van der Waals surface area contributed by atoms with E-state index in [4.69, 9.17) is 4.74 Å².